The maximum atomic E-state index is 13.7. The van der Waals surface area contributed by atoms with Gasteiger partial charge in [0.1, 0.15) is 6.02 Å². The molecule has 7 heteroatoms. The number of nitrogens with one attached hydrogen (secondary N) is 1. The van der Waals surface area contributed by atoms with E-state index in [9.17, 15) is 12.3 Å². The Balaban J connectivity index is 1.77. The summed E-state index contributed by atoms with van der Waals surface area (Å²) >= 11 is 0. The number of carbonyl (C=O) groups excluding carboxylic acids is 2. The van der Waals surface area contributed by atoms with E-state index in [-0.39, 0.29) is 29.4 Å². The number of hydrogen-bond donors (Lipinski definition) is 1. The molecule has 3 aliphatic heterocycles. The predicted molar refractivity (Wildman–Crippen MR) is 105 cm³/mol. The van der Waals surface area contributed by atoms with E-state index in [0.717, 1.165) is 7.05 Å². The Bertz CT molecular complexity index is 1460. The van der Waals surface area contributed by atoms with Gasteiger partial charge in [-0.3, -0.25) is 9.59 Å². The quantitative estimate of drug-likeness (QED) is 0.686. The number of ether oxygens (including phenoxy) is 2. The third kappa shape index (κ3) is 2.24. The third-order valence-electron chi connectivity index (χ3n) is 5.25. The fourth-order valence-corrected chi connectivity index (χ4v) is 3.92. The number of likely N-dealkylation sites (N-methyl/N-ethyl adjacent to an activating group) is 1. The molecule has 1 saturated heterocycles. The van der Waals surface area contributed by atoms with Crippen molar-refractivity contribution in [1.82, 2.24) is 14.8 Å². The average molecular weight is 395 g/mol. The predicted octanol–water partition coefficient (Wildman–Crippen LogP) is 2.21. The van der Waals surface area contributed by atoms with Crippen LogP contribution in [-0.2, 0) is 16.0 Å². The fraction of sp³-hybridized carbons (Fsp3) is 0.273. The average Bonchev–Trinajstić information content (AvgIpc) is 3.45. The summed E-state index contributed by atoms with van der Waals surface area (Å²) in [4.78, 5) is 31.1. The Morgan fingerprint density at radius 2 is 2.00 bits per heavy atom. The highest BCUT2D eigenvalue weighted by Gasteiger charge is 2.47. The zero-order valence-corrected chi connectivity index (χ0v) is 15.3. The molecule has 0 saturated carbocycles. The van der Waals surface area contributed by atoms with E-state index in [1.54, 1.807) is 24.3 Å². The van der Waals surface area contributed by atoms with Crippen molar-refractivity contribution < 1.29 is 27.3 Å². The lowest BCUT2D eigenvalue weighted by molar-refractivity contribution is -0.157. The summed E-state index contributed by atoms with van der Waals surface area (Å²) < 4.78 is 64.3. The van der Waals surface area contributed by atoms with Crippen LogP contribution in [0.3, 0.4) is 0 Å². The number of fused-ring (bicyclic) bond motifs is 5. The summed E-state index contributed by atoms with van der Waals surface area (Å²) in [5, 5.41) is 0.354. The van der Waals surface area contributed by atoms with Gasteiger partial charge in [-0.05, 0) is 29.3 Å². The molecule has 0 aliphatic carbocycles. The second-order valence-corrected chi connectivity index (χ2v) is 6.93. The molecule has 0 radical (unpaired) electrons. The summed E-state index contributed by atoms with van der Waals surface area (Å²) in [5.41, 5.74) is 0.331. The zero-order valence-electron chi connectivity index (χ0n) is 21.3. The second-order valence-electron chi connectivity index (χ2n) is 6.93. The zero-order chi connectivity index (χ0) is 25.1. The van der Waals surface area contributed by atoms with Crippen LogP contribution in [0.4, 0.5) is 0 Å². The van der Waals surface area contributed by atoms with Gasteiger partial charge >= 0.3 is 0 Å². The number of para-hydroxylation sites is 1. The number of rotatable bonds is 1. The number of aromatic nitrogens is 1. The summed E-state index contributed by atoms with van der Waals surface area (Å²) in [6, 6.07) is 5.68. The van der Waals surface area contributed by atoms with Gasteiger partial charge in [0.25, 0.3) is 0 Å². The minimum absolute atomic E-state index is 0.0547. The fourth-order valence-electron chi connectivity index (χ4n) is 3.92. The van der Waals surface area contributed by atoms with Crippen molar-refractivity contribution in [3.8, 4) is 11.5 Å². The van der Waals surface area contributed by atoms with Crippen LogP contribution in [0.1, 0.15) is 31.1 Å². The lowest BCUT2D eigenvalue weighted by atomic mass is 9.86. The van der Waals surface area contributed by atoms with E-state index in [2.05, 4.69) is 4.98 Å². The van der Waals surface area contributed by atoms with Crippen LogP contribution in [0, 0.1) is 0 Å². The van der Waals surface area contributed by atoms with Gasteiger partial charge in [-0.1, -0.05) is 24.3 Å². The lowest BCUT2D eigenvalue weighted by Gasteiger charge is -2.46. The number of aromatic amines is 1. The van der Waals surface area contributed by atoms with E-state index in [0.29, 0.717) is 26.5 Å². The molecule has 2 atom stereocenters. The van der Waals surface area contributed by atoms with E-state index in [4.69, 9.17) is 15.0 Å². The molecule has 2 amide bonds. The molecule has 1 aromatic heterocycles. The Morgan fingerprint density at radius 1 is 1.17 bits per heavy atom. The van der Waals surface area contributed by atoms with Crippen molar-refractivity contribution in [3.05, 3.63) is 59.3 Å². The van der Waals surface area contributed by atoms with Gasteiger partial charge in [-0.25, -0.2) is 0 Å². The Kier molecular flexibility index (Phi) is 2.29. The number of piperazine rings is 1. The molecule has 1 fully saturated rings. The summed E-state index contributed by atoms with van der Waals surface area (Å²) in [6.45, 7) is -2.97. The van der Waals surface area contributed by atoms with Crippen LogP contribution in [0.5, 0.6) is 11.5 Å². The number of hydrogen-bond acceptors (Lipinski definition) is 4. The van der Waals surface area contributed by atoms with Crippen LogP contribution >= 0.6 is 0 Å². The maximum Gasteiger partial charge on any atom is 0.245 e. The molecule has 0 spiro atoms. The highest BCUT2D eigenvalue weighted by Crippen LogP contribution is 2.44. The molecule has 0 bridgehead atoms. The summed E-state index contributed by atoms with van der Waals surface area (Å²) in [6.07, 6.45) is -2.81. The lowest BCUT2D eigenvalue weighted by Crippen LogP contribution is -2.62. The van der Waals surface area contributed by atoms with Gasteiger partial charge in [0.15, 0.2) is 11.5 Å². The largest absolute Gasteiger partial charge is 0.454 e. The van der Waals surface area contributed by atoms with Crippen LogP contribution in [0.25, 0.3) is 10.9 Å². The molecule has 7 nitrogen and oxygen atoms in total. The molecular formula is C22H19N3O4. The van der Waals surface area contributed by atoms with Crippen molar-refractivity contribution >= 4 is 22.7 Å². The molecule has 29 heavy (non-hydrogen) atoms. The monoisotopic (exact) mass is 395 g/mol. The van der Waals surface area contributed by atoms with Crippen LogP contribution in [0.15, 0.2) is 42.5 Å². The number of amides is 2. The van der Waals surface area contributed by atoms with Gasteiger partial charge in [0.05, 0.1) is 18.0 Å². The standard InChI is InChI=1S/C22H19N3O4/c1-24-10-19(26)25-16(22(24)27)9-14-13-4-2-3-5-15(13)23-20(14)21(25)12-6-7-17-18(8-12)29-11-28-17/h2-8,16,21,23H,9-11H2,1H3/t16-,21-/m1/s1/i9D2,10D2,16D,21D. The topological polar surface area (TPSA) is 74.9 Å². The molecule has 1 N–H and O–H groups in total. The third-order valence-corrected chi connectivity index (χ3v) is 5.25. The first-order valence-corrected chi connectivity index (χ1v) is 9.02. The highest BCUT2D eigenvalue weighted by molar-refractivity contribution is 5.97. The van der Waals surface area contributed by atoms with Gasteiger partial charge in [0, 0.05) is 32.8 Å². The van der Waals surface area contributed by atoms with Crippen LogP contribution < -0.4 is 9.47 Å². The Hall–Kier alpha value is -3.48. The molecule has 3 aromatic rings. The molecule has 4 heterocycles. The number of carbonyl (C=O) groups is 2. The first-order valence-electron chi connectivity index (χ1n) is 12.0. The normalized spacial score (nSPS) is 34.4. The number of H-pyrrole nitrogens is 1. The summed E-state index contributed by atoms with van der Waals surface area (Å²) in [5.74, 6) is -1.99. The molecular weight excluding hydrogens is 370 g/mol. The molecule has 6 rings (SSSR count). The first-order chi connectivity index (χ1) is 16.4. The van der Waals surface area contributed by atoms with E-state index < -0.39 is 36.7 Å². The SMILES string of the molecule is [2H]C1([2H])C(=O)N2[C@]([2H])(c3ccc4c(c3)OCO4)c3[nH]c4ccccc4c3C([2H])([2H])[C@]2([2H])C(=O)N1C. The molecule has 3 aliphatic rings. The summed E-state index contributed by atoms with van der Waals surface area (Å²) in [7, 11) is 1.01. The molecule has 0 unspecified atom stereocenters. The van der Waals surface area contributed by atoms with Gasteiger partial charge in [-0.2, -0.15) is 0 Å². The minimum Gasteiger partial charge on any atom is -0.454 e. The van der Waals surface area contributed by atoms with E-state index in [1.807, 2.05) is 0 Å². The minimum atomic E-state index is -2.99. The van der Waals surface area contributed by atoms with Gasteiger partial charge < -0.3 is 24.3 Å². The van der Waals surface area contributed by atoms with Crippen LogP contribution in [0.2, 0.25) is 0 Å². The highest BCUT2D eigenvalue weighted by atomic mass is 16.7. The molecule has 2 aromatic carbocycles. The Labute approximate surface area is 175 Å². The maximum absolute atomic E-state index is 13.7. The van der Waals surface area contributed by atoms with Crippen molar-refractivity contribution in [2.24, 2.45) is 0 Å². The van der Waals surface area contributed by atoms with E-state index in [1.165, 1.54) is 18.2 Å². The van der Waals surface area contributed by atoms with Crippen molar-refractivity contribution in [2.75, 3.05) is 20.3 Å². The van der Waals surface area contributed by atoms with Crippen molar-refractivity contribution in [1.29, 1.82) is 0 Å². The van der Waals surface area contributed by atoms with Gasteiger partial charge in [0.2, 0.25) is 18.6 Å². The Morgan fingerprint density at radius 3 is 2.90 bits per heavy atom. The molecule has 146 valence electrons. The van der Waals surface area contributed by atoms with Gasteiger partial charge in [-0.15, -0.1) is 0 Å². The van der Waals surface area contributed by atoms with Crippen molar-refractivity contribution in [2.45, 2.75) is 18.4 Å². The number of benzene rings is 2. The first kappa shape index (κ1) is 11.5. The second kappa shape index (κ2) is 5.76. The number of nitrogens with zero attached hydrogens (tertiary/aromatic N) is 2. The van der Waals surface area contributed by atoms with E-state index >= 15 is 0 Å². The van der Waals surface area contributed by atoms with Crippen LogP contribution in [-0.4, -0.2) is 53.0 Å². The smallest absolute Gasteiger partial charge is 0.245 e. The van der Waals surface area contributed by atoms with Crippen molar-refractivity contribution in [3.63, 3.8) is 0 Å².